The van der Waals surface area contributed by atoms with Gasteiger partial charge >= 0.3 is 0 Å². The number of hydrogen-bond donors (Lipinski definition) is 1. The second kappa shape index (κ2) is 8.02. The van der Waals surface area contributed by atoms with Crippen molar-refractivity contribution in [3.63, 3.8) is 0 Å². The van der Waals surface area contributed by atoms with Crippen molar-refractivity contribution in [3.05, 3.63) is 42.0 Å². The molecule has 2 heterocycles. The molecule has 0 aliphatic carbocycles. The smallest absolute Gasteiger partial charge is 0.227 e. The fourth-order valence-corrected chi connectivity index (χ4v) is 2.93. The molecule has 7 nitrogen and oxygen atoms in total. The second-order valence-electron chi connectivity index (χ2n) is 5.95. The van der Waals surface area contributed by atoms with Gasteiger partial charge in [-0.25, -0.2) is 4.98 Å². The van der Waals surface area contributed by atoms with Gasteiger partial charge in [0.05, 0.1) is 38.2 Å². The maximum Gasteiger partial charge on any atom is 0.227 e. The normalized spacial score (nSPS) is 16.0. The van der Waals surface area contributed by atoms with Crippen LogP contribution in [0.4, 0.5) is 0 Å². The maximum absolute atomic E-state index is 12.5. The Kier molecular flexibility index (Phi) is 5.55. The number of hydrogen-bond acceptors (Lipinski definition) is 5. The van der Waals surface area contributed by atoms with E-state index in [0.717, 1.165) is 17.0 Å². The summed E-state index contributed by atoms with van der Waals surface area (Å²) < 4.78 is 18.1. The van der Waals surface area contributed by atoms with Gasteiger partial charge in [-0.15, -0.1) is 0 Å². The van der Waals surface area contributed by atoms with Crippen molar-refractivity contribution in [3.8, 4) is 11.5 Å². The fourth-order valence-electron chi connectivity index (χ4n) is 2.93. The third-order valence-electron chi connectivity index (χ3n) is 4.32. The van der Waals surface area contributed by atoms with Crippen LogP contribution >= 0.6 is 0 Å². The molecule has 1 aromatic carbocycles. The highest BCUT2D eigenvalue weighted by Gasteiger charge is 2.27. The zero-order valence-electron chi connectivity index (χ0n) is 14.5. The summed E-state index contributed by atoms with van der Waals surface area (Å²) in [6.07, 6.45) is 4.14. The van der Waals surface area contributed by atoms with Gasteiger partial charge in [-0.05, 0) is 18.1 Å². The zero-order valence-corrected chi connectivity index (χ0v) is 14.5. The molecule has 0 bridgehead atoms. The fraction of sp³-hybridized carbons (Fsp3) is 0.444. The number of aromatic nitrogens is 2. The van der Waals surface area contributed by atoms with E-state index in [0.29, 0.717) is 38.5 Å². The summed E-state index contributed by atoms with van der Waals surface area (Å²) in [5.74, 6) is 1.22. The molecule has 25 heavy (non-hydrogen) atoms. The molecular weight excluding hydrogens is 322 g/mol. The van der Waals surface area contributed by atoms with Gasteiger partial charge in [0.1, 0.15) is 6.61 Å². The first-order chi connectivity index (χ1) is 12.2. The number of rotatable bonds is 7. The number of nitrogens with one attached hydrogen (secondary N) is 1. The van der Waals surface area contributed by atoms with Crippen molar-refractivity contribution in [2.45, 2.75) is 19.5 Å². The van der Waals surface area contributed by atoms with Gasteiger partial charge in [0.15, 0.2) is 11.5 Å². The Morgan fingerprint density at radius 1 is 1.44 bits per heavy atom. The molecule has 1 atom stereocenters. The van der Waals surface area contributed by atoms with Crippen LogP contribution in [-0.2, 0) is 29.0 Å². The molecule has 2 aromatic rings. The zero-order chi connectivity index (χ0) is 17.6. The first kappa shape index (κ1) is 17.3. The van der Waals surface area contributed by atoms with Gasteiger partial charge in [-0.3, -0.25) is 4.79 Å². The minimum Gasteiger partial charge on any atom is -0.493 e. The monoisotopic (exact) mass is 345 g/mol. The van der Waals surface area contributed by atoms with Crippen LogP contribution < -0.4 is 14.8 Å². The summed E-state index contributed by atoms with van der Waals surface area (Å²) in [5.41, 5.74) is 1.94. The predicted molar refractivity (Wildman–Crippen MR) is 91.6 cm³/mol. The molecule has 1 aromatic heterocycles. The van der Waals surface area contributed by atoms with Crippen LogP contribution in [0.2, 0.25) is 0 Å². The van der Waals surface area contributed by atoms with Crippen molar-refractivity contribution in [2.75, 3.05) is 27.4 Å². The first-order valence-electron chi connectivity index (χ1n) is 8.27. The molecule has 1 N–H and O–H groups in total. The molecule has 0 saturated carbocycles. The lowest BCUT2D eigenvalue weighted by molar-refractivity contribution is -0.126. The molecule has 0 fully saturated rings. The Bertz CT molecular complexity index is 729. The lowest BCUT2D eigenvalue weighted by Crippen LogP contribution is -2.37. The molecule has 0 saturated heterocycles. The van der Waals surface area contributed by atoms with E-state index in [1.807, 2.05) is 22.8 Å². The number of nitrogens with zero attached hydrogens (tertiary/aromatic N) is 2. The Morgan fingerprint density at radius 3 is 3.12 bits per heavy atom. The maximum atomic E-state index is 12.5. The lowest BCUT2D eigenvalue weighted by Gasteiger charge is -2.25. The Hall–Kier alpha value is -2.54. The van der Waals surface area contributed by atoms with E-state index in [9.17, 15) is 4.79 Å². The minimum atomic E-state index is -0.213. The van der Waals surface area contributed by atoms with Gasteiger partial charge in [0.25, 0.3) is 0 Å². The molecule has 1 aliphatic heterocycles. The minimum absolute atomic E-state index is 0.0204. The van der Waals surface area contributed by atoms with E-state index in [-0.39, 0.29) is 11.8 Å². The number of fused-ring (bicyclic) bond motifs is 1. The molecule has 7 heteroatoms. The quantitative estimate of drug-likeness (QED) is 0.821. The van der Waals surface area contributed by atoms with Crippen LogP contribution in [0.3, 0.4) is 0 Å². The number of amides is 1. The van der Waals surface area contributed by atoms with Crippen LogP contribution in [0.15, 0.2) is 30.7 Å². The van der Waals surface area contributed by atoms with Crippen molar-refractivity contribution in [2.24, 2.45) is 5.92 Å². The number of benzene rings is 1. The summed E-state index contributed by atoms with van der Waals surface area (Å²) >= 11 is 0. The summed E-state index contributed by atoms with van der Waals surface area (Å²) in [7, 11) is 3.28. The van der Waals surface area contributed by atoms with Crippen molar-refractivity contribution < 1.29 is 19.0 Å². The Balaban J connectivity index is 1.58. The van der Waals surface area contributed by atoms with Gasteiger partial charge in [0, 0.05) is 19.9 Å². The average molecular weight is 345 g/mol. The molecule has 0 radical (unpaired) electrons. The van der Waals surface area contributed by atoms with Crippen LogP contribution in [0.5, 0.6) is 11.5 Å². The Labute approximate surface area is 146 Å². The Morgan fingerprint density at radius 2 is 2.32 bits per heavy atom. The van der Waals surface area contributed by atoms with Gasteiger partial charge in [-0.2, -0.15) is 0 Å². The first-order valence-corrected chi connectivity index (χ1v) is 8.27. The highest BCUT2D eigenvalue weighted by atomic mass is 16.5. The molecule has 0 unspecified atom stereocenters. The van der Waals surface area contributed by atoms with E-state index in [2.05, 4.69) is 10.3 Å². The van der Waals surface area contributed by atoms with E-state index >= 15 is 0 Å². The van der Waals surface area contributed by atoms with E-state index in [1.165, 1.54) is 0 Å². The molecule has 0 spiro atoms. The molecule has 1 aliphatic rings. The molecular formula is C18H23N3O4. The van der Waals surface area contributed by atoms with Crippen LogP contribution in [0.1, 0.15) is 11.3 Å². The van der Waals surface area contributed by atoms with Crippen molar-refractivity contribution in [1.82, 2.24) is 14.9 Å². The van der Waals surface area contributed by atoms with Crippen LogP contribution in [0.25, 0.3) is 0 Å². The number of carbonyl (C=O) groups excluding carboxylic acids is 1. The number of carbonyl (C=O) groups is 1. The van der Waals surface area contributed by atoms with E-state index in [1.54, 1.807) is 26.7 Å². The number of para-hydroxylation sites is 1. The second-order valence-corrected chi connectivity index (χ2v) is 5.95. The summed E-state index contributed by atoms with van der Waals surface area (Å²) in [5, 5.41) is 2.98. The van der Waals surface area contributed by atoms with Gasteiger partial charge in [-0.1, -0.05) is 12.1 Å². The largest absolute Gasteiger partial charge is 0.493 e. The van der Waals surface area contributed by atoms with Crippen LogP contribution in [-0.4, -0.2) is 42.9 Å². The summed E-state index contributed by atoms with van der Waals surface area (Å²) in [4.78, 5) is 16.6. The standard InChI is InChI=1S/C18H23N3O4/c1-23-7-6-21-12-19-9-15(21)10-20-18(22)14-8-13-4-3-5-16(24-2)17(13)25-11-14/h3-5,9,12,14H,6-8,10-11H2,1-2H3,(H,20,22)/t14-/m1/s1. The third kappa shape index (κ3) is 3.93. The van der Waals surface area contributed by atoms with Gasteiger partial charge < -0.3 is 24.1 Å². The molecule has 134 valence electrons. The number of imidazole rings is 1. The van der Waals surface area contributed by atoms with E-state index in [4.69, 9.17) is 14.2 Å². The van der Waals surface area contributed by atoms with E-state index < -0.39 is 0 Å². The summed E-state index contributed by atoms with van der Waals surface area (Å²) in [6.45, 7) is 2.10. The topological polar surface area (TPSA) is 74.6 Å². The molecule has 3 rings (SSSR count). The molecule has 1 amide bonds. The average Bonchev–Trinajstić information content (AvgIpc) is 3.10. The summed E-state index contributed by atoms with van der Waals surface area (Å²) in [6, 6.07) is 5.74. The number of methoxy groups -OCH3 is 2. The van der Waals surface area contributed by atoms with Crippen LogP contribution in [0, 0.1) is 5.92 Å². The lowest BCUT2D eigenvalue weighted by atomic mass is 9.95. The third-order valence-corrected chi connectivity index (χ3v) is 4.32. The SMILES string of the molecule is COCCn1cncc1CNC(=O)[C@H]1COc2c(cccc2OC)C1. The van der Waals surface area contributed by atoms with Gasteiger partial charge in [0.2, 0.25) is 5.91 Å². The van der Waals surface area contributed by atoms with Crippen molar-refractivity contribution >= 4 is 5.91 Å². The number of ether oxygens (including phenoxy) is 3. The highest BCUT2D eigenvalue weighted by Crippen LogP contribution is 2.36. The highest BCUT2D eigenvalue weighted by molar-refractivity contribution is 5.79. The van der Waals surface area contributed by atoms with Crippen molar-refractivity contribution in [1.29, 1.82) is 0 Å². The predicted octanol–water partition coefficient (Wildman–Crippen LogP) is 1.41.